The number of piperazine rings is 1. The van der Waals surface area contributed by atoms with Crippen molar-refractivity contribution >= 4 is 5.96 Å². The molecule has 0 aliphatic carbocycles. The van der Waals surface area contributed by atoms with Crippen LogP contribution < -0.4 is 10.6 Å². The molecule has 0 bridgehead atoms. The quantitative estimate of drug-likeness (QED) is 0.292. The lowest BCUT2D eigenvalue weighted by Crippen LogP contribution is -2.46. The fourth-order valence-corrected chi connectivity index (χ4v) is 4.33. The number of ether oxygens (including phenoxy) is 1. The van der Waals surface area contributed by atoms with Gasteiger partial charge in [0.2, 0.25) is 0 Å². The summed E-state index contributed by atoms with van der Waals surface area (Å²) < 4.78 is 5.41. The maximum absolute atomic E-state index is 5.41. The summed E-state index contributed by atoms with van der Waals surface area (Å²) in [4.78, 5) is 12.4. The van der Waals surface area contributed by atoms with Crippen molar-refractivity contribution in [1.29, 1.82) is 0 Å². The predicted octanol–water partition coefficient (Wildman–Crippen LogP) is 1.86. The average Bonchev–Trinajstić information content (AvgIpc) is 2.84. The molecule has 1 aromatic carbocycles. The van der Waals surface area contributed by atoms with Crippen molar-refractivity contribution in [3.05, 3.63) is 35.9 Å². The fraction of sp³-hybridized carbons (Fsp3) is 0.720. The Morgan fingerprint density at radius 2 is 1.53 bits per heavy atom. The average molecular weight is 445 g/mol. The van der Waals surface area contributed by atoms with E-state index in [4.69, 9.17) is 9.73 Å². The molecule has 2 N–H and O–H groups in total. The first-order valence-electron chi connectivity index (χ1n) is 12.6. The van der Waals surface area contributed by atoms with Crippen LogP contribution in [0.5, 0.6) is 0 Å². The molecular weight excluding hydrogens is 400 g/mol. The number of nitrogens with zero attached hydrogens (tertiary/aromatic N) is 4. The summed E-state index contributed by atoms with van der Waals surface area (Å²) in [5, 5.41) is 6.89. The lowest BCUT2D eigenvalue weighted by molar-refractivity contribution is 0.0377. The Bertz CT molecular complexity index is 627. The summed E-state index contributed by atoms with van der Waals surface area (Å²) in [6.07, 6.45) is 3.53. The Kier molecular flexibility index (Phi) is 11.9. The van der Waals surface area contributed by atoms with Crippen LogP contribution in [0, 0.1) is 0 Å². The minimum absolute atomic E-state index is 0.872. The number of aliphatic imine (C=N–C) groups is 1. The highest BCUT2D eigenvalue weighted by molar-refractivity contribution is 5.79. The summed E-state index contributed by atoms with van der Waals surface area (Å²) in [6.45, 7) is 16.9. The molecule has 0 aromatic heterocycles. The molecule has 7 nitrogen and oxygen atoms in total. The Morgan fingerprint density at radius 3 is 2.28 bits per heavy atom. The molecule has 2 heterocycles. The number of morpholine rings is 1. The van der Waals surface area contributed by atoms with Gasteiger partial charge in [0.1, 0.15) is 0 Å². The van der Waals surface area contributed by atoms with Gasteiger partial charge in [0.25, 0.3) is 0 Å². The second-order valence-electron chi connectivity index (χ2n) is 8.81. The summed E-state index contributed by atoms with van der Waals surface area (Å²) >= 11 is 0. The van der Waals surface area contributed by atoms with Crippen LogP contribution in [-0.2, 0) is 11.3 Å². The maximum atomic E-state index is 5.41. The molecule has 180 valence electrons. The number of benzene rings is 1. The van der Waals surface area contributed by atoms with Crippen LogP contribution in [0.4, 0.5) is 0 Å². The Morgan fingerprint density at radius 1 is 0.844 bits per heavy atom. The number of unbranched alkanes of at least 4 members (excludes halogenated alkanes) is 1. The van der Waals surface area contributed by atoms with Crippen LogP contribution in [0.2, 0.25) is 0 Å². The van der Waals surface area contributed by atoms with Crippen molar-refractivity contribution < 1.29 is 4.74 Å². The van der Waals surface area contributed by atoms with Crippen molar-refractivity contribution in [3.63, 3.8) is 0 Å². The minimum Gasteiger partial charge on any atom is -0.379 e. The Labute approximate surface area is 195 Å². The number of rotatable bonds is 12. The van der Waals surface area contributed by atoms with Crippen molar-refractivity contribution in [3.8, 4) is 0 Å². The van der Waals surface area contributed by atoms with Gasteiger partial charge >= 0.3 is 0 Å². The summed E-state index contributed by atoms with van der Waals surface area (Å²) in [7, 11) is 0. The summed E-state index contributed by atoms with van der Waals surface area (Å²) in [5.74, 6) is 0.962. The third-order valence-corrected chi connectivity index (χ3v) is 6.26. The second-order valence-corrected chi connectivity index (χ2v) is 8.81. The molecule has 0 amide bonds. The van der Waals surface area contributed by atoms with Crippen LogP contribution >= 0.6 is 0 Å². The van der Waals surface area contributed by atoms with E-state index in [1.54, 1.807) is 0 Å². The van der Waals surface area contributed by atoms with E-state index >= 15 is 0 Å². The molecular formula is C25H44N6O. The zero-order valence-electron chi connectivity index (χ0n) is 20.1. The molecule has 0 saturated carbocycles. The standard InChI is InChI=1S/C25H44N6O/c1-2-26-25(28-12-8-14-30-19-21-32-22-20-30)27-11-6-7-13-29-15-17-31(18-16-29)23-24-9-4-3-5-10-24/h3-5,9-10H,2,6-8,11-23H2,1H3,(H2,26,27,28). The third kappa shape index (κ3) is 9.86. The predicted molar refractivity (Wildman–Crippen MR) is 133 cm³/mol. The molecule has 0 radical (unpaired) electrons. The molecule has 32 heavy (non-hydrogen) atoms. The van der Waals surface area contributed by atoms with Crippen molar-refractivity contribution in [1.82, 2.24) is 25.3 Å². The first kappa shape index (κ1) is 25.0. The Hall–Kier alpha value is -1.67. The van der Waals surface area contributed by atoms with E-state index in [0.29, 0.717) is 0 Å². The van der Waals surface area contributed by atoms with Gasteiger partial charge in [-0.25, -0.2) is 0 Å². The smallest absolute Gasteiger partial charge is 0.191 e. The van der Waals surface area contributed by atoms with Gasteiger partial charge in [0.05, 0.1) is 13.2 Å². The van der Waals surface area contributed by atoms with E-state index in [9.17, 15) is 0 Å². The number of nitrogens with one attached hydrogen (secondary N) is 2. The van der Waals surface area contributed by atoms with Crippen LogP contribution in [0.15, 0.2) is 35.3 Å². The molecule has 2 aliphatic rings. The molecule has 7 heteroatoms. The Balaban J connectivity index is 1.22. The monoisotopic (exact) mass is 444 g/mol. The van der Waals surface area contributed by atoms with Crippen molar-refractivity contribution in [2.45, 2.75) is 32.7 Å². The van der Waals surface area contributed by atoms with E-state index in [1.165, 1.54) is 51.1 Å². The fourth-order valence-electron chi connectivity index (χ4n) is 4.33. The zero-order chi connectivity index (χ0) is 22.3. The molecule has 2 fully saturated rings. The van der Waals surface area contributed by atoms with E-state index in [1.807, 2.05) is 0 Å². The first-order chi connectivity index (χ1) is 15.8. The lowest BCUT2D eigenvalue weighted by Gasteiger charge is -2.34. The van der Waals surface area contributed by atoms with E-state index < -0.39 is 0 Å². The van der Waals surface area contributed by atoms with Gasteiger partial charge in [-0.15, -0.1) is 0 Å². The van der Waals surface area contributed by atoms with Crippen molar-refractivity contribution in [2.24, 2.45) is 4.99 Å². The normalized spacial score (nSPS) is 19.2. The van der Waals surface area contributed by atoms with Gasteiger partial charge in [-0.1, -0.05) is 30.3 Å². The minimum atomic E-state index is 0.872. The second kappa shape index (κ2) is 15.2. The highest BCUT2D eigenvalue weighted by Crippen LogP contribution is 2.09. The van der Waals surface area contributed by atoms with Gasteiger partial charge in [0.15, 0.2) is 5.96 Å². The van der Waals surface area contributed by atoms with Gasteiger partial charge in [0, 0.05) is 72.0 Å². The lowest BCUT2D eigenvalue weighted by atomic mass is 10.2. The number of guanidine groups is 1. The molecule has 0 atom stereocenters. The molecule has 1 aromatic rings. The number of hydrogen-bond donors (Lipinski definition) is 2. The van der Waals surface area contributed by atoms with Crippen LogP contribution in [-0.4, -0.2) is 106 Å². The molecule has 0 unspecified atom stereocenters. The van der Waals surface area contributed by atoms with E-state index in [0.717, 1.165) is 71.4 Å². The molecule has 2 aliphatic heterocycles. The van der Waals surface area contributed by atoms with Crippen molar-refractivity contribution in [2.75, 3.05) is 85.2 Å². The summed E-state index contributed by atoms with van der Waals surface area (Å²) in [5.41, 5.74) is 1.42. The van der Waals surface area contributed by atoms with Gasteiger partial charge in [-0.05, 0) is 38.3 Å². The largest absolute Gasteiger partial charge is 0.379 e. The zero-order valence-corrected chi connectivity index (χ0v) is 20.1. The third-order valence-electron chi connectivity index (χ3n) is 6.26. The van der Waals surface area contributed by atoms with Gasteiger partial charge in [-0.3, -0.25) is 14.8 Å². The summed E-state index contributed by atoms with van der Waals surface area (Å²) in [6, 6.07) is 10.8. The number of hydrogen-bond acceptors (Lipinski definition) is 5. The van der Waals surface area contributed by atoms with E-state index in [-0.39, 0.29) is 0 Å². The maximum Gasteiger partial charge on any atom is 0.191 e. The first-order valence-corrected chi connectivity index (χ1v) is 12.6. The van der Waals surface area contributed by atoms with E-state index in [2.05, 4.69) is 62.6 Å². The molecule has 2 saturated heterocycles. The SMILES string of the molecule is CCNC(=NCCCN1CCOCC1)NCCCCN1CCN(Cc2ccccc2)CC1. The molecule has 3 rings (SSSR count). The molecule has 0 spiro atoms. The van der Waals surface area contributed by atoms with Gasteiger partial charge in [-0.2, -0.15) is 0 Å². The van der Waals surface area contributed by atoms with Gasteiger partial charge < -0.3 is 20.3 Å². The van der Waals surface area contributed by atoms with Crippen LogP contribution in [0.3, 0.4) is 0 Å². The highest BCUT2D eigenvalue weighted by Gasteiger charge is 2.16. The highest BCUT2D eigenvalue weighted by atomic mass is 16.5. The topological polar surface area (TPSA) is 55.4 Å². The van der Waals surface area contributed by atoms with Crippen LogP contribution in [0.25, 0.3) is 0 Å². The van der Waals surface area contributed by atoms with Crippen LogP contribution in [0.1, 0.15) is 31.7 Å².